The Kier molecular flexibility index (Phi) is 3.97. The van der Waals surface area contributed by atoms with E-state index in [9.17, 15) is 4.79 Å². The van der Waals surface area contributed by atoms with Gasteiger partial charge in [-0.25, -0.2) is 4.68 Å². The van der Waals surface area contributed by atoms with Crippen molar-refractivity contribution in [1.29, 1.82) is 0 Å². The summed E-state index contributed by atoms with van der Waals surface area (Å²) in [4.78, 5) is 12.2. The molecule has 0 aliphatic heterocycles. The average Bonchev–Trinajstić information content (AvgIpc) is 2.95. The van der Waals surface area contributed by atoms with Gasteiger partial charge in [-0.3, -0.25) is 4.79 Å². The molecule has 3 rings (SSSR count). The lowest BCUT2D eigenvalue weighted by molar-refractivity contribution is 0.102. The summed E-state index contributed by atoms with van der Waals surface area (Å²) in [5.74, 6) is 0.402. The standard InChI is InChI=1S/C17H17N5O/c18-14-3-1-2-4-15(14)21-17(23)13-7-5-12(6-8-13)11-22-16(19)9-10-20-22/h1-10H,11,18-19H2,(H,21,23). The highest BCUT2D eigenvalue weighted by atomic mass is 16.1. The number of amides is 1. The summed E-state index contributed by atoms with van der Waals surface area (Å²) in [6.45, 7) is 0.562. The van der Waals surface area contributed by atoms with Crippen LogP contribution in [-0.2, 0) is 6.54 Å². The fraction of sp³-hybridized carbons (Fsp3) is 0.0588. The number of nitrogens with zero attached hydrogens (tertiary/aromatic N) is 2. The molecule has 0 spiro atoms. The molecule has 6 heteroatoms. The first-order chi connectivity index (χ1) is 11.1. The van der Waals surface area contributed by atoms with Gasteiger partial charge in [0.25, 0.3) is 5.91 Å². The molecule has 0 saturated heterocycles. The monoisotopic (exact) mass is 307 g/mol. The normalized spacial score (nSPS) is 10.4. The third-order valence-corrected chi connectivity index (χ3v) is 3.51. The Labute approximate surface area is 133 Å². The molecule has 3 aromatic rings. The van der Waals surface area contributed by atoms with E-state index in [0.717, 1.165) is 5.56 Å². The number of para-hydroxylation sites is 2. The minimum absolute atomic E-state index is 0.201. The Morgan fingerprint density at radius 3 is 2.43 bits per heavy atom. The minimum atomic E-state index is -0.201. The number of hydrogen-bond acceptors (Lipinski definition) is 4. The molecule has 23 heavy (non-hydrogen) atoms. The molecule has 0 saturated carbocycles. The molecule has 0 radical (unpaired) electrons. The van der Waals surface area contributed by atoms with E-state index >= 15 is 0 Å². The summed E-state index contributed by atoms with van der Waals surface area (Å²) in [5.41, 5.74) is 14.3. The number of anilines is 3. The second-order valence-electron chi connectivity index (χ2n) is 5.15. The smallest absolute Gasteiger partial charge is 0.255 e. The molecule has 5 N–H and O–H groups in total. The van der Waals surface area contributed by atoms with E-state index in [4.69, 9.17) is 11.5 Å². The molecule has 0 aliphatic carbocycles. The van der Waals surface area contributed by atoms with Crippen LogP contribution in [0, 0.1) is 0 Å². The number of aromatic nitrogens is 2. The second-order valence-corrected chi connectivity index (χ2v) is 5.15. The maximum atomic E-state index is 12.2. The van der Waals surface area contributed by atoms with E-state index in [0.29, 0.717) is 29.3 Å². The third-order valence-electron chi connectivity index (χ3n) is 3.51. The van der Waals surface area contributed by atoms with Crippen molar-refractivity contribution in [2.24, 2.45) is 0 Å². The Bertz CT molecular complexity index is 823. The van der Waals surface area contributed by atoms with E-state index in [1.807, 2.05) is 24.3 Å². The van der Waals surface area contributed by atoms with E-state index in [1.165, 1.54) is 0 Å². The highest BCUT2D eigenvalue weighted by molar-refractivity contribution is 6.05. The van der Waals surface area contributed by atoms with Gasteiger partial charge in [-0.2, -0.15) is 5.10 Å². The molecule has 1 aromatic heterocycles. The molecule has 0 unspecified atom stereocenters. The van der Waals surface area contributed by atoms with E-state index < -0.39 is 0 Å². The summed E-state index contributed by atoms with van der Waals surface area (Å²) in [6.07, 6.45) is 1.65. The van der Waals surface area contributed by atoms with Crippen molar-refractivity contribution in [3.05, 3.63) is 71.9 Å². The largest absolute Gasteiger partial charge is 0.397 e. The van der Waals surface area contributed by atoms with Crippen molar-refractivity contribution in [3.63, 3.8) is 0 Å². The van der Waals surface area contributed by atoms with Crippen LogP contribution in [0.4, 0.5) is 17.2 Å². The molecular formula is C17H17N5O. The maximum Gasteiger partial charge on any atom is 0.255 e. The number of nitrogens with two attached hydrogens (primary N) is 2. The van der Waals surface area contributed by atoms with Crippen molar-refractivity contribution < 1.29 is 4.79 Å². The van der Waals surface area contributed by atoms with Crippen LogP contribution in [0.3, 0.4) is 0 Å². The molecule has 6 nitrogen and oxygen atoms in total. The number of carbonyl (C=O) groups is 1. The van der Waals surface area contributed by atoms with Gasteiger partial charge in [0.2, 0.25) is 0 Å². The summed E-state index contributed by atoms with van der Waals surface area (Å²) in [6, 6.07) is 16.2. The van der Waals surface area contributed by atoms with E-state index in [2.05, 4.69) is 10.4 Å². The lowest BCUT2D eigenvalue weighted by Crippen LogP contribution is -2.13. The van der Waals surface area contributed by atoms with Gasteiger partial charge >= 0.3 is 0 Å². The highest BCUT2D eigenvalue weighted by Gasteiger charge is 2.08. The summed E-state index contributed by atoms with van der Waals surface area (Å²) in [7, 11) is 0. The average molecular weight is 307 g/mol. The summed E-state index contributed by atoms with van der Waals surface area (Å²) in [5, 5.41) is 6.93. The highest BCUT2D eigenvalue weighted by Crippen LogP contribution is 2.18. The second kappa shape index (κ2) is 6.23. The van der Waals surface area contributed by atoms with Crippen LogP contribution < -0.4 is 16.8 Å². The number of rotatable bonds is 4. The van der Waals surface area contributed by atoms with Gasteiger partial charge in [0.1, 0.15) is 5.82 Å². The van der Waals surface area contributed by atoms with Gasteiger partial charge in [0.15, 0.2) is 0 Å². The Hall–Kier alpha value is -3.28. The van der Waals surface area contributed by atoms with Crippen LogP contribution in [0.25, 0.3) is 0 Å². The Morgan fingerprint density at radius 1 is 1.04 bits per heavy atom. The lowest BCUT2D eigenvalue weighted by Gasteiger charge is -2.09. The zero-order valence-corrected chi connectivity index (χ0v) is 12.4. The van der Waals surface area contributed by atoms with Crippen LogP contribution in [0.2, 0.25) is 0 Å². The molecular weight excluding hydrogens is 290 g/mol. The van der Waals surface area contributed by atoms with Gasteiger partial charge in [-0.15, -0.1) is 0 Å². The zero-order valence-electron chi connectivity index (χ0n) is 12.4. The fourth-order valence-corrected chi connectivity index (χ4v) is 2.21. The molecule has 0 atom stereocenters. The SMILES string of the molecule is Nc1ccccc1NC(=O)c1ccc(Cn2nccc2N)cc1. The van der Waals surface area contributed by atoms with Crippen LogP contribution in [0.1, 0.15) is 15.9 Å². The predicted molar refractivity (Wildman–Crippen MR) is 91.0 cm³/mol. The van der Waals surface area contributed by atoms with Crippen LogP contribution in [-0.4, -0.2) is 15.7 Å². The number of carbonyl (C=O) groups excluding carboxylic acids is 1. The topological polar surface area (TPSA) is 99.0 Å². The molecule has 1 amide bonds. The number of nitrogens with one attached hydrogen (secondary N) is 1. The van der Waals surface area contributed by atoms with Gasteiger partial charge in [-0.05, 0) is 35.9 Å². The zero-order chi connectivity index (χ0) is 16.2. The lowest BCUT2D eigenvalue weighted by atomic mass is 10.1. The molecule has 0 fully saturated rings. The van der Waals surface area contributed by atoms with Crippen molar-refractivity contribution in [2.45, 2.75) is 6.54 Å². The van der Waals surface area contributed by atoms with Crippen molar-refractivity contribution in [3.8, 4) is 0 Å². The first kappa shape index (κ1) is 14.6. The van der Waals surface area contributed by atoms with Crippen molar-refractivity contribution >= 4 is 23.1 Å². The molecule has 116 valence electrons. The molecule has 0 bridgehead atoms. The summed E-state index contributed by atoms with van der Waals surface area (Å²) >= 11 is 0. The quantitative estimate of drug-likeness (QED) is 0.644. The molecule has 1 heterocycles. The fourth-order valence-electron chi connectivity index (χ4n) is 2.21. The molecule has 2 aromatic carbocycles. The number of nitrogen functional groups attached to an aromatic ring is 2. The van der Waals surface area contributed by atoms with Gasteiger partial charge < -0.3 is 16.8 Å². The van der Waals surface area contributed by atoms with Gasteiger partial charge in [0.05, 0.1) is 24.1 Å². The maximum absolute atomic E-state index is 12.2. The minimum Gasteiger partial charge on any atom is -0.397 e. The van der Waals surface area contributed by atoms with Crippen LogP contribution >= 0.6 is 0 Å². The van der Waals surface area contributed by atoms with E-state index in [1.54, 1.807) is 41.2 Å². The Morgan fingerprint density at radius 2 is 1.78 bits per heavy atom. The van der Waals surface area contributed by atoms with Crippen LogP contribution in [0.15, 0.2) is 60.8 Å². The predicted octanol–water partition coefficient (Wildman–Crippen LogP) is 2.35. The third kappa shape index (κ3) is 3.32. The van der Waals surface area contributed by atoms with Crippen LogP contribution in [0.5, 0.6) is 0 Å². The summed E-state index contributed by atoms with van der Waals surface area (Å²) < 4.78 is 1.69. The van der Waals surface area contributed by atoms with Gasteiger partial charge in [-0.1, -0.05) is 24.3 Å². The molecule has 0 aliphatic rings. The van der Waals surface area contributed by atoms with Crippen molar-refractivity contribution in [1.82, 2.24) is 9.78 Å². The van der Waals surface area contributed by atoms with E-state index in [-0.39, 0.29) is 5.91 Å². The first-order valence-electron chi connectivity index (χ1n) is 7.15. The van der Waals surface area contributed by atoms with Crippen molar-refractivity contribution in [2.75, 3.05) is 16.8 Å². The van der Waals surface area contributed by atoms with Gasteiger partial charge in [0, 0.05) is 5.56 Å². The number of hydrogen-bond donors (Lipinski definition) is 3. The number of benzene rings is 2. The Balaban J connectivity index is 1.70. The first-order valence-corrected chi connectivity index (χ1v) is 7.15.